The maximum absolute atomic E-state index is 8.84. The Balaban J connectivity index is 1.92. The molecule has 0 radical (unpaired) electrons. The van der Waals surface area contributed by atoms with Crippen LogP contribution in [0.5, 0.6) is 5.75 Å². The number of ether oxygens (including phenoxy) is 1. The third-order valence-electron chi connectivity index (χ3n) is 3.19. The van der Waals surface area contributed by atoms with E-state index in [2.05, 4.69) is 11.4 Å². The summed E-state index contributed by atoms with van der Waals surface area (Å²) in [7, 11) is 0. The Morgan fingerprint density at radius 3 is 2.71 bits per heavy atom. The van der Waals surface area contributed by atoms with Crippen molar-refractivity contribution in [2.45, 2.75) is 20.0 Å². The molecule has 2 N–H and O–H groups in total. The molecule has 4 heteroatoms. The standard InChI is InChI=1S/C17H20ClNO2/c1-13-10-14(6-7-16(13)18)11-19-12-15-4-2-3-5-17(15)21-9-8-20/h2-7,10,19-20H,8-9,11-12H2,1H3. The van der Waals surface area contributed by atoms with E-state index in [9.17, 15) is 0 Å². The van der Waals surface area contributed by atoms with Crippen LogP contribution in [0.25, 0.3) is 0 Å². The van der Waals surface area contributed by atoms with E-state index in [1.54, 1.807) is 0 Å². The van der Waals surface area contributed by atoms with Gasteiger partial charge in [-0.05, 0) is 30.2 Å². The fraction of sp³-hybridized carbons (Fsp3) is 0.294. The van der Waals surface area contributed by atoms with Crippen molar-refractivity contribution in [1.82, 2.24) is 5.32 Å². The topological polar surface area (TPSA) is 41.5 Å². The Bertz CT molecular complexity index is 587. The molecule has 0 fully saturated rings. The van der Waals surface area contributed by atoms with E-state index < -0.39 is 0 Å². The van der Waals surface area contributed by atoms with Crippen molar-refractivity contribution in [3.05, 3.63) is 64.2 Å². The van der Waals surface area contributed by atoms with Crippen molar-refractivity contribution >= 4 is 11.6 Å². The van der Waals surface area contributed by atoms with E-state index in [0.717, 1.165) is 28.4 Å². The second kappa shape index (κ2) is 8.03. The summed E-state index contributed by atoms with van der Waals surface area (Å²) in [6.07, 6.45) is 0. The summed E-state index contributed by atoms with van der Waals surface area (Å²) in [6, 6.07) is 13.9. The minimum Gasteiger partial charge on any atom is -0.491 e. The first-order chi connectivity index (χ1) is 10.2. The van der Waals surface area contributed by atoms with Crippen LogP contribution in [0.4, 0.5) is 0 Å². The molecule has 2 aromatic carbocycles. The first kappa shape index (κ1) is 15.8. The molecule has 0 atom stereocenters. The van der Waals surface area contributed by atoms with E-state index in [0.29, 0.717) is 13.2 Å². The van der Waals surface area contributed by atoms with Crippen LogP contribution in [0.15, 0.2) is 42.5 Å². The number of benzene rings is 2. The predicted octanol–water partition coefficient (Wildman–Crippen LogP) is 3.31. The summed E-state index contributed by atoms with van der Waals surface area (Å²) in [5.41, 5.74) is 3.37. The van der Waals surface area contributed by atoms with Gasteiger partial charge in [0.1, 0.15) is 12.4 Å². The monoisotopic (exact) mass is 305 g/mol. The largest absolute Gasteiger partial charge is 0.491 e. The molecule has 0 aliphatic carbocycles. The van der Waals surface area contributed by atoms with E-state index in [4.69, 9.17) is 21.4 Å². The average molecular weight is 306 g/mol. The molecule has 21 heavy (non-hydrogen) atoms. The molecule has 3 nitrogen and oxygen atoms in total. The zero-order valence-electron chi connectivity index (χ0n) is 12.1. The number of halogens is 1. The summed E-state index contributed by atoms with van der Waals surface area (Å²) in [5, 5.41) is 13.0. The molecule has 0 spiro atoms. The van der Waals surface area contributed by atoms with Gasteiger partial charge in [-0.25, -0.2) is 0 Å². The smallest absolute Gasteiger partial charge is 0.123 e. The number of aryl methyl sites for hydroxylation is 1. The van der Waals surface area contributed by atoms with Crippen LogP contribution in [0.2, 0.25) is 5.02 Å². The minimum atomic E-state index is 0.0197. The molecule has 2 aromatic rings. The molecular formula is C17H20ClNO2. The highest BCUT2D eigenvalue weighted by atomic mass is 35.5. The van der Waals surface area contributed by atoms with Gasteiger partial charge in [0.2, 0.25) is 0 Å². The Kier molecular flexibility index (Phi) is 6.05. The summed E-state index contributed by atoms with van der Waals surface area (Å²) < 4.78 is 5.52. The molecule has 0 aliphatic rings. The van der Waals surface area contributed by atoms with Crippen LogP contribution in [-0.4, -0.2) is 18.3 Å². The lowest BCUT2D eigenvalue weighted by molar-refractivity contribution is 0.200. The first-order valence-corrected chi connectivity index (χ1v) is 7.36. The van der Waals surface area contributed by atoms with Gasteiger partial charge in [-0.2, -0.15) is 0 Å². The lowest BCUT2D eigenvalue weighted by atomic mass is 10.1. The lowest BCUT2D eigenvalue weighted by Gasteiger charge is -2.12. The summed E-state index contributed by atoms with van der Waals surface area (Å²) in [5.74, 6) is 0.811. The Hall–Kier alpha value is -1.55. The molecule has 112 valence electrons. The highest BCUT2D eigenvalue weighted by Gasteiger charge is 2.03. The maximum Gasteiger partial charge on any atom is 0.123 e. The zero-order chi connectivity index (χ0) is 15.1. The molecule has 0 bridgehead atoms. The molecule has 2 rings (SSSR count). The molecular weight excluding hydrogens is 286 g/mol. The van der Waals surface area contributed by atoms with Crippen LogP contribution >= 0.6 is 11.6 Å². The van der Waals surface area contributed by atoms with Crippen LogP contribution in [0, 0.1) is 6.92 Å². The van der Waals surface area contributed by atoms with E-state index >= 15 is 0 Å². The third-order valence-corrected chi connectivity index (χ3v) is 3.61. The van der Waals surface area contributed by atoms with E-state index in [-0.39, 0.29) is 6.61 Å². The van der Waals surface area contributed by atoms with Crippen LogP contribution in [0.1, 0.15) is 16.7 Å². The van der Waals surface area contributed by atoms with Gasteiger partial charge in [0.25, 0.3) is 0 Å². The Morgan fingerprint density at radius 1 is 1.14 bits per heavy atom. The maximum atomic E-state index is 8.84. The van der Waals surface area contributed by atoms with Crippen LogP contribution in [0.3, 0.4) is 0 Å². The fourth-order valence-corrected chi connectivity index (χ4v) is 2.22. The third kappa shape index (κ3) is 4.74. The van der Waals surface area contributed by atoms with Gasteiger partial charge in [-0.15, -0.1) is 0 Å². The van der Waals surface area contributed by atoms with Crippen molar-refractivity contribution in [3.8, 4) is 5.75 Å². The molecule has 0 saturated heterocycles. The second-order valence-electron chi connectivity index (χ2n) is 4.87. The molecule has 0 aliphatic heterocycles. The molecule has 0 heterocycles. The number of nitrogens with one attached hydrogen (secondary N) is 1. The second-order valence-corrected chi connectivity index (χ2v) is 5.27. The summed E-state index contributed by atoms with van der Waals surface area (Å²) in [6.45, 7) is 3.82. The van der Waals surface area contributed by atoms with Gasteiger partial charge in [-0.3, -0.25) is 0 Å². The minimum absolute atomic E-state index is 0.0197. The molecule has 0 unspecified atom stereocenters. The highest BCUT2D eigenvalue weighted by molar-refractivity contribution is 6.31. The number of hydrogen-bond acceptors (Lipinski definition) is 3. The number of para-hydroxylation sites is 1. The first-order valence-electron chi connectivity index (χ1n) is 6.98. The Morgan fingerprint density at radius 2 is 1.95 bits per heavy atom. The van der Waals surface area contributed by atoms with Gasteiger partial charge < -0.3 is 15.2 Å². The van der Waals surface area contributed by atoms with Gasteiger partial charge in [0, 0.05) is 23.7 Å². The molecule has 0 aromatic heterocycles. The van der Waals surface area contributed by atoms with Crippen molar-refractivity contribution < 1.29 is 9.84 Å². The fourth-order valence-electron chi connectivity index (χ4n) is 2.10. The number of aliphatic hydroxyl groups excluding tert-OH is 1. The molecule has 0 saturated carbocycles. The van der Waals surface area contributed by atoms with Crippen molar-refractivity contribution in [1.29, 1.82) is 0 Å². The van der Waals surface area contributed by atoms with Crippen LogP contribution in [-0.2, 0) is 13.1 Å². The number of rotatable bonds is 7. The quantitative estimate of drug-likeness (QED) is 0.824. The van der Waals surface area contributed by atoms with E-state index in [1.165, 1.54) is 5.56 Å². The molecule has 0 amide bonds. The zero-order valence-corrected chi connectivity index (χ0v) is 12.9. The average Bonchev–Trinajstić information content (AvgIpc) is 2.50. The number of hydrogen-bond donors (Lipinski definition) is 2. The highest BCUT2D eigenvalue weighted by Crippen LogP contribution is 2.19. The van der Waals surface area contributed by atoms with Crippen molar-refractivity contribution in [2.75, 3.05) is 13.2 Å². The van der Waals surface area contributed by atoms with Gasteiger partial charge in [-0.1, -0.05) is 41.9 Å². The summed E-state index contributed by atoms with van der Waals surface area (Å²) >= 11 is 6.02. The van der Waals surface area contributed by atoms with Crippen LogP contribution < -0.4 is 10.1 Å². The number of aliphatic hydroxyl groups is 1. The van der Waals surface area contributed by atoms with Crippen molar-refractivity contribution in [3.63, 3.8) is 0 Å². The van der Waals surface area contributed by atoms with Gasteiger partial charge >= 0.3 is 0 Å². The Labute approximate surface area is 130 Å². The lowest BCUT2D eigenvalue weighted by Crippen LogP contribution is -2.14. The summed E-state index contributed by atoms with van der Waals surface area (Å²) in [4.78, 5) is 0. The normalized spacial score (nSPS) is 10.6. The predicted molar refractivity (Wildman–Crippen MR) is 85.8 cm³/mol. The van der Waals surface area contributed by atoms with Crippen molar-refractivity contribution in [2.24, 2.45) is 0 Å². The van der Waals surface area contributed by atoms with Gasteiger partial charge in [0.15, 0.2) is 0 Å². The SMILES string of the molecule is Cc1cc(CNCc2ccccc2OCCO)ccc1Cl. The van der Waals surface area contributed by atoms with Gasteiger partial charge in [0.05, 0.1) is 6.61 Å². The van der Waals surface area contributed by atoms with E-state index in [1.807, 2.05) is 43.3 Å².